The van der Waals surface area contributed by atoms with Crippen LogP contribution in [0.25, 0.3) is 0 Å². The largest absolute Gasteiger partial charge is 0.491 e. The summed E-state index contributed by atoms with van der Waals surface area (Å²) >= 11 is 6.03. The molecule has 122 valence electrons. The summed E-state index contributed by atoms with van der Waals surface area (Å²) in [6.07, 6.45) is 2.08. The zero-order valence-corrected chi connectivity index (χ0v) is 13.9. The summed E-state index contributed by atoms with van der Waals surface area (Å²) in [4.78, 5) is 12.0. The van der Waals surface area contributed by atoms with Crippen molar-refractivity contribution in [3.63, 3.8) is 0 Å². The Morgan fingerprint density at radius 3 is 2.52 bits per heavy atom. The number of benzene rings is 2. The minimum Gasteiger partial charge on any atom is -0.491 e. The maximum Gasteiger partial charge on any atom is 0.243 e. The number of amides is 1. The predicted octanol–water partition coefficient (Wildman–Crippen LogP) is 4.57. The molecule has 2 N–H and O–H groups in total. The number of hydrogen-bond acceptors (Lipinski definition) is 3. The van der Waals surface area contributed by atoms with Crippen molar-refractivity contribution in [3.8, 4) is 5.75 Å². The molecule has 23 heavy (non-hydrogen) atoms. The van der Waals surface area contributed by atoms with Gasteiger partial charge in [0.25, 0.3) is 0 Å². The van der Waals surface area contributed by atoms with E-state index in [2.05, 4.69) is 17.6 Å². The predicted molar refractivity (Wildman–Crippen MR) is 95.4 cm³/mol. The lowest BCUT2D eigenvalue weighted by atomic mass is 10.3. The van der Waals surface area contributed by atoms with E-state index in [0.717, 1.165) is 24.3 Å². The lowest BCUT2D eigenvalue weighted by Gasteiger charge is -2.13. The van der Waals surface area contributed by atoms with Crippen molar-refractivity contribution in [2.75, 3.05) is 23.8 Å². The molecule has 2 aromatic rings. The summed E-state index contributed by atoms with van der Waals surface area (Å²) in [6.45, 7) is 2.92. The maximum atomic E-state index is 12.0. The van der Waals surface area contributed by atoms with Crippen LogP contribution >= 0.6 is 11.6 Å². The first-order valence-electron chi connectivity index (χ1n) is 7.70. The fraction of sp³-hybridized carbons (Fsp3) is 0.278. The molecule has 2 aromatic carbocycles. The van der Waals surface area contributed by atoms with Gasteiger partial charge in [-0.1, -0.05) is 49.2 Å². The smallest absolute Gasteiger partial charge is 0.243 e. The van der Waals surface area contributed by atoms with Gasteiger partial charge in [-0.2, -0.15) is 0 Å². The molecule has 0 saturated heterocycles. The highest BCUT2D eigenvalue weighted by atomic mass is 35.5. The first-order valence-corrected chi connectivity index (χ1v) is 8.08. The van der Waals surface area contributed by atoms with Gasteiger partial charge in [0.1, 0.15) is 5.75 Å². The van der Waals surface area contributed by atoms with Crippen LogP contribution in [0, 0.1) is 0 Å². The fourth-order valence-corrected chi connectivity index (χ4v) is 2.18. The van der Waals surface area contributed by atoms with E-state index < -0.39 is 0 Å². The van der Waals surface area contributed by atoms with Gasteiger partial charge in [-0.15, -0.1) is 0 Å². The standard InChI is InChI=1S/C18H21ClN2O2/c1-2-3-12-23-17-11-7-6-10-16(17)20-13-18(22)21-15-9-5-4-8-14(15)19/h4-11,20H,2-3,12-13H2,1H3,(H,21,22). The molecule has 0 heterocycles. The van der Waals surface area contributed by atoms with Gasteiger partial charge in [-0.25, -0.2) is 0 Å². The number of unbranched alkanes of at least 4 members (excludes halogenated alkanes) is 1. The Labute approximate surface area is 141 Å². The molecular weight excluding hydrogens is 312 g/mol. The van der Waals surface area contributed by atoms with Crippen LogP contribution in [0.1, 0.15) is 19.8 Å². The second kappa shape index (κ2) is 9.06. The van der Waals surface area contributed by atoms with Crippen LogP contribution in [0.15, 0.2) is 48.5 Å². The molecule has 0 radical (unpaired) electrons. The van der Waals surface area contributed by atoms with Crippen LogP contribution < -0.4 is 15.4 Å². The van der Waals surface area contributed by atoms with Crippen molar-refractivity contribution in [2.24, 2.45) is 0 Å². The summed E-state index contributed by atoms with van der Waals surface area (Å²) in [5.74, 6) is 0.591. The number of carbonyl (C=O) groups excluding carboxylic acids is 1. The molecule has 5 heteroatoms. The lowest BCUT2D eigenvalue weighted by molar-refractivity contribution is -0.114. The SMILES string of the molecule is CCCCOc1ccccc1NCC(=O)Nc1ccccc1Cl. The summed E-state index contributed by atoms with van der Waals surface area (Å²) < 4.78 is 5.73. The van der Waals surface area contributed by atoms with E-state index in [1.807, 2.05) is 36.4 Å². The lowest BCUT2D eigenvalue weighted by Crippen LogP contribution is -2.22. The molecule has 0 spiro atoms. The van der Waals surface area contributed by atoms with Crippen LogP contribution in [-0.2, 0) is 4.79 Å². The van der Waals surface area contributed by atoms with E-state index in [-0.39, 0.29) is 12.5 Å². The second-order valence-corrected chi connectivity index (χ2v) is 5.49. The number of ether oxygens (including phenoxy) is 1. The Hall–Kier alpha value is -2.20. The average Bonchev–Trinajstić information content (AvgIpc) is 2.56. The first kappa shape index (κ1) is 17.2. The number of nitrogens with one attached hydrogen (secondary N) is 2. The minimum absolute atomic E-state index is 0.138. The number of anilines is 2. The highest BCUT2D eigenvalue weighted by Crippen LogP contribution is 2.24. The van der Waals surface area contributed by atoms with E-state index in [9.17, 15) is 4.79 Å². The summed E-state index contributed by atoms with van der Waals surface area (Å²) in [7, 11) is 0. The van der Waals surface area contributed by atoms with Crippen molar-refractivity contribution in [3.05, 3.63) is 53.6 Å². The molecule has 0 bridgehead atoms. The molecule has 0 unspecified atom stereocenters. The monoisotopic (exact) mass is 332 g/mol. The van der Waals surface area contributed by atoms with Gasteiger partial charge in [0.2, 0.25) is 5.91 Å². The van der Waals surface area contributed by atoms with E-state index in [0.29, 0.717) is 17.3 Å². The molecule has 4 nitrogen and oxygen atoms in total. The molecule has 0 saturated carbocycles. The van der Waals surface area contributed by atoms with E-state index in [4.69, 9.17) is 16.3 Å². The van der Waals surface area contributed by atoms with Gasteiger partial charge < -0.3 is 15.4 Å². The average molecular weight is 333 g/mol. The zero-order chi connectivity index (χ0) is 16.5. The third kappa shape index (κ3) is 5.49. The van der Waals surface area contributed by atoms with Crippen LogP contribution in [-0.4, -0.2) is 19.1 Å². The van der Waals surface area contributed by atoms with Crippen LogP contribution in [0.2, 0.25) is 5.02 Å². The zero-order valence-electron chi connectivity index (χ0n) is 13.1. The van der Waals surface area contributed by atoms with Gasteiger partial charge >= 0.3 is 0 Å². The van der Waals surface area contributed by atoms with E-state index in [1.54, 1.807) is 12.1 Å². The van der Waals surface area contributed by atoms with Gasteiger partial charge in [0, 0.05) is 0 Å². The molecule has 1 amide bonds. The normalized spacial score (nSPS) is 10.2. The van der Waals surface area contributed by atoms with Crippen molar-refractivity contribution in [1.82, 2.24) is 0 Å². The Morgan fingerprint density at radius 2 is 1.78 bits per heavy atom. The number of carbonyl (C=O) groups is 1. The first-order chi connectivity index (χ1) is 11.2. The summed E-state index contributed by atoms with van der Waals surface area (Å²) in [5, 5.41) is 6.40. The molecule has 0 aliphatic carbocycles. The Morgan fingerprint density at radius 1 is 1.09 bits per heavy atom. The molecular formula is C18H21ClN2O2. The van der Waals surface area contributed by atoms with E-state index >= 15 is 0 Å². The highest BCUT2D eigenvalue weighted by Gasteiger charge is 2.07. The van der Waals surface area contributed by atoms with Crippen LogP contribution in [0.5, 0.6) is 5.75 Å². The topological polar surface area (TPSA) is 50.4 Å². The minimum atomic E-state index is -0.165. The summed E-state index contributed by atoms with van der Waals surface area (Å²) in [6, 6.07) is 14.8. The van der Waals surface area contributed by atoms with Crippen LogP contribution in [0.4, 0.5) is 11.4 Å². The van der Waals surface area contributed by atoms with Crippen molar-refractivity contribution < 1.29 is 9.53 Å². The third-order valence-electron chi connectivity index (χ3n) is 3.23. The number of hydrogen-bond donors (Lipinski definition) is 2. The Balaban J connectivity index is 1.90. The Kier molecular flexibility index (Phi) is 6.76. The van der Waals surface area contributed by atoms with Gasteiger partial charge in [0.05, 0.1) is 29.5 Å². The number of rotatable bonds is 8. The van der Waals surface area contributed by atoms with Gasteiger partial charge in [0.15, 0.2) is 0 Å². The van der Waals surface area contributed by atoms with Crippen LogP contribution in [0.3, 0.4) is 0 Å². The molecule has 2 rings (SSSR count). The highest BCUT2D eigenvalue weighted by molar-refractivity contribution is 6.33. The molecule has 0 aromatic heterocycles. The molecule has 0 fully saturated rings. The number of halogens is 1. The molecule has 0 aliphatic rings. The van der Waals surface area contributed by atoms with Gasteiger partial charge in [-0.3, -0.25) is 4.79 Å². The van der Waals surface area contributed by atoms with Crippen molar-refractivity contribution >= 4 is 28.9 Å². The third-order valence-corrected chi connectivity index (χ3v) is 3.56. The number of para-hydroxylation sites is 3. The summed E-state index contributed by atoms with van der Waals surface area (Å²) in [5.41, 5.74) is 1.41. The fourth-order valence-electron chi connectivity index (χ4n) is 2.00. The van der Waals surface area contributed by atoms with Crippen molar-refractivity contribution in [1.29, 1.82) is 0 Å². The maximum absolute atomic E-state index is 12.0. The van der Waals surface area contributed by atoms with Crippen molar-refractivity contribution in [2.45, 2.75) is 19.8 Å². The molecule has 0 aliphatic heterocycles. The second-order valence-electron chi connectivity index (χ2n) is 5.08. The molecule has 0 atom stereocenters. The van der Waals surface area contributed by atoms with E-state index in [1.165, 1.54) is 0 Å². The van der Waals surface area contributed by atoms with Gasteiger partial charge in [-0.05, 0) is 30.7 Å². The Bertz CT molecular complexity index is 646. The quantitative estimate of drug-likeness (QED) is 0.696.